The predicted molar refractivity (Wildman–Crippen MR) is 84.2 cm³/mol. The minimum absolute atomic E-state index is 0.133. The molecule has 116 valence electrons. The van der Waals surface area contributed by atoms with E-state index in [0.717, 1.165) is 11.0 Å². The summed E-state index contributed by atoms with van der Waals surface area (Å²) in [5.74, 6) is 0.994. The topological polar surface area (TPSA) is 38.3 Å². The summed E-state index contributed by atoms with van der Waals surface area (Å²) >= 11 is 1.95. The van der Waals surface area contributed by atoms with Gasteiger partial charge in [0.1, 0.15) is 11.6 Å². The van der Waals surface area contributed by atoms with Crippen molar-refractivity contribution in [1.29, 1.82) is 0 Å². The molecule has 0 aliphatic heterocycles. The van der Waals surface area contributed by atoms with Crippen LogP contribution in [0.3, 0.4) is 0 Å². The lowest BCUT2D eigenvalue weighted by Gasteiger charge is -2.15. The molecule has 0 saturated heterocycles. The van der Waals surface area contributed by atoms with E-state index in [1.54, 1.807) is 6.92 Å². The molecular weight excluding hydrogens is 289 g/mol. The first-order valence-corrected chi connectivity index (χ1v) is 8.51. The fourth-order valence-corrected chi connectivity index (χ4v) is 3.59. The van der Waals surface area contributed by atoms with Crippen LogP contribution in [0.15, 0.2) is 24.3 Å². The fourth-order valence-electron chi connectivity index (χ4n) is 2.37. The van der Waals surface area contributed by atoms with Gasteiger partial charge in [0.05, 0.1) is 0 Å². The van der Waals surface area contributed by atoms with Gasteiger partial charge in [0, 0.05) is 17.5 Å². The number of carbonyl (C=O) groups is 1. The average molecular weight is 311 g/mol. The molecule has 0 radical (unpaired) electrons. The quantitative estimate of drug-likeness (QED) is 0.785. The zero-order valence-electron chi connectivity index (χ0n) is 12.3. The van der Waals surface area contributed by atoms with E-state index >= 15 is 0 Å². The average Bonchev–Trinajstić information content (AvgIpc) is 2.99. The molecule has 1 aromatic carbocycles. The Morgan fingerprint density at radius 2 is 2.05 bits per heavy atom. The third kappa shape index (κ3) is 5.58. The van der Waals surface area contributed by atoms with Crippen molar-refractivity contribution in [2.75, 3.05) is 12.3 Å². The first kappa shape index (κ1) is 16.1. The zero-order chi connectivity index (χ0) is 15.1. The lowest BCUT2D eigenvalue weighted by molar-refractivity contribution is -0.127. The Labute approximate surface area is 129 Å². The summed E-state index contributed by atoms with van der Waals surface area (Å²) in [5, 5.41) is 3.65. The van der Waals surface area contributed by atoms with E-state index in [9.17, 15) is 9.18 Å². The van der Waals surface area contributed by atoms with Gasteiger partial charge in [-0.05, 0) is 44.0 Å². The van der Waals surface area contributed by atoms with Crippen LogP contribution in [0.4, 0.5) is 4.39 Å². The molecule has 3 nitrogen and oxygen atoms in total. The van der Waals surface area contributed by atoms with E-state index < -0.39 is 6.10 Å². The third-order valence-corrected chi connectivity index (χ3v) is 4.94. The number of hydrogen-bond acceptors (Lipinski definition) is 3. The van der Waals surface area contributed by atoms with Crippen molar-refractivity contribution in [2.24, 2.45) is 0 Å². The van der Waals surface area contributed by atoms with Crippen LogP contribution in [0.2, 0.25) is 0 Å². The van der Waals surface area contributed by atoms with Crippen molar-refractivity contribution in [1.82, 2.24) is 5.32 Å². The first-order valence-electron chi connectivity index (χ1n) is 7.46. The van der Waals surface area contributed by atoms with Gasteiger partial charge in [-0.25, -0.2) is 4.39 Å². The Balaban J connectivity index is 1.63. The molecule has 1 atom stereocenters. The van der Waals surface area contributed by atoms with Crippen molar-refractivity contribution in [3.8, 4) is 5.75 Å². The Morgan fingerprint density at radius 1 is 1.38 bits per heavy atom. The highest BCUT2D eigenvalue weighted by molar-refractivity contribution is 7.99. The van der Waals surface area contributed by atoms with E-state index in [1.165, 1.54) is 49.9 Å². The Kier molecular flexibility index (Phi) is 6.36. The van der Waals surface area contributed by atoms with Gasteiger partial charge < -0.3 is 10.1 Å². The van der Waals surface area contributed by atoms with Crippen molar-refractivity contribution < 1.29 is 13.9 Å². The van der Waals surface area contributed by atoms with Crippen molar-refractivity contribution in [2.45, 2.75) is 44.0 Å². The van der Waals surface area contributed by atoms with Crippen LogP contribution >= 0.6 is 11.8 Å². The van der Waals surface area contributed by atoms with Gasteiger partial charge in [-0.15, -0.1) is 0 Å². The van der Waals surface area contributed by atoms with Gasteiger partial charge in [-0.1, -0.05) is 12.8 Å². The number of amides is 1. The highest BCUT2D eigenvalue weighted by Gasteiger charge is 2.16. The number of halogens is 1. The van der Waals surface area contributed by atoms with Gasteiger partial charge in [0.2, 0.25) is 0 Å². The van der Waals surface area contributed by atoms with Crippen molar-refractivity contribution >= 4 is 17.7 Å². The molecule has 1 saturated carbocycles. The number of thioether (sulfide) groups is 1. The minimum Gasteiger partial charge on any atom is -0.481 e. The number of rotatable bonds is 7. The zero-order valence-corrected chi connectivity index (χ0v) is 13.1. The monoisotopic (exact) mass is 311 g/mol. The van der Waals surface area contributed by atoms with E-state index in [0.29, 0.717) is 12.3 Å². The van der Waals surface area contributed by atoms with Crippen molar-refractivity contribution in [3.63, 3.8) is 0 Å². The summed E-state index contributed by atoms with van der Waals surface area (Å²) in [4.78, 5) is 11.9. The lowest BCUT2D eigenvalue weighted by Crippen LogP contribution is -2.37. The molecular formula is C16H22FNO2S. The maximum absolute atomic E-state index is 12.8. The standard InChI is InChI=1S/C16H22FNO2S/c1-12(20-14-8-6-13(17)7-9-14)16(19)18-10-11-21-15-4-2-3-5-15/h6-9,12,15H,2-5,10-11H2,1H3,(H,18,19)/t12-/m1/s1. The molecule has 21 heavy (non-hydrogen) atoms. The molecule has 0 unspecified atom stereocenters. The number of nitrogens with one attached hydrogen (secondary N) is 1. The molecule has 0 aromatic heterocycles. The second kappa shape index (κ2) is 8.27. The fraction of sp³-hybridized carbons (Fsp3) is 0.562. The Morgan fingerprint density at radius 3 is 2.71 bits per heavy atom. The molecule has 1 aliphatic rings. The van der Waals surface area contributed by atoms with Gasteiger partial charge in [-0.2, -0.15) is 11.8 Å². The van der Waals surface area contributed by atoms with Gasteiger partial charge in [0.15, 0.2) is 6.10 Å². The second-order valence-corrected chi connectivity index (χ2v) is 6.69. The molecule has 1 N–H and O–H groups in total. The van der Waals surface area contributed by atoms with Crippen LogP contribution in [0.5, 0.6) is 5.75 Å². The largest absolute Gasteiger partial charge is 0.481 e. The predicted octanol–water partition coefficient (Wildman–Crippen LogP) is 3.39. The summed E-state index contributed by atoms with van der Waals surface area (Å²) in [6, 6.07) is 5.68. The van der Waals surface area contributed by atoms with Gasteiger partial charge >= 0.3 is 0 Å². The summed E-state index contributed by atoms with van der Waals surface area (Å²) in [6.45, 7) is 2.36. The molecule has 1 aliphatic carbocycles. The highest BCUT2D eigenvalue weighted by Crippen LogP contribution is 2.28. The number of carbonyl (C=O) groups excluding carboxylic acids is 1. The molecule has 0 bridgehead atoms. The number of benzene rings is 1. The van der Waals surface area contributed by atoms with E-state index in [2.05, 4.69) is 5.32 Å². The highest BCUT2D eigenvalue weighted by atomic mass is 32.2. The van der Waals surface area contributed by atoms with Gasteiger partial charge in [0.25, 0.3) is 5.91 Å². The third-order valence-electron chi connectivity index (χ3n) is 3.55. The van der Waals surface area contributed by atoms with Crippen LogP contribution in [-0.4, -0.2) is 29.6 Å². The second-order valence-electron chi connectivity index (χ2n) is 5.28. The Hall–Kier alpha value is -1.23. The number of hydrogen-bond donors (Lipinski definition) is 1. The summed E-state index contributed by atoms with van der Waals surface area (Å²) in [5.41, 5.74) is 0. The summed E-state index contributed by atoms with van der Waals surface area (Å²) in [7, 11) is 0. The molecule has 1 aromatic rings. The molecule has 0 heterocycles. The van der Waals surface area contributed by atoms with Crippen LogP contribution in [0.1, 0.15) is 32.6 Å². The molecule has 1 fully saturated rings. The summed E-state index contributed by atoms with van der Waals surface area (Å²) < 4.78 is 18.3. The lowest BCUT2D eigenvalue weighted by atomic mass is 10.3. The molecule has 1 amide bonds. The molecule has 5 heteroatoms. The summed E-state index contributed by atoms with van der Waals surface area (Å²) in [6.07, 6.45) is 4.72. The van der Waals surface area contributed by atoms with Crippen LogP contribution in [0.25, 0.3) is 0 Å². The maximum Gasteiger partial charge on any atom is 0.260 e. The van der Waals surface area contributed by atoms with Crippen LogP contribution < -0.4 is 10.1 Å². The normalized spacial score (nSPS) is 16.7. The van der Waals surface area contributed by atoms with E-state index in [4.69, 9.17) is 4.74 Å². The van der Waals surface area contributed by atoms with E-state index in [-0.39, 0.29) is 11.7 Å². The van der Waals surface area contributed by atoms with Crippen LogP contribution in [-0.2, 0) is 4.79 Å². The van der Waals surface area contributed by atoms with E-state index in [1.807, 2.05) is 11.8 Å². The van der Waals surface area contributed by atoms with Crippen molar-refractivity contribution in [3.05, 3.63) is 30.1 Å². The molecule has 0 spiro atoms. The first-order chi connectivity index (χ1) is 10.1. The van der Waals surface area contributed by atoms with Gasteiger partial charge in [-0.3, -0.25) is 4.79 Å². The smallest absolute Gasteiger partial charge is 0.260 e. The SMILES string of the molecule is C[C@@H](Oc1ccc(F)cc1)C(=O)NCCSC1CCCC1. The molecule has 2 rings (SSSR count). The minimum atomic E-state index is -0.577. The number of ether oxygens (including phenoxy) is 1. The maximum atomic E-state index is 12.8. The van der Waals surface area contributed by atoms with Crippen LogP contribution in [0, 0.1) is 5.82 Å². The Bertz CT molecular complexity index is 446.